The van der Waals surface area contributed by atoms with Gasteiger partial charge in [0.05, 0.1) is 0 Å². The number of benzene rings is 1. The van der Waals surface area contributed by atoms with E-state index in [1.165, 1.54) is 17.7 Å². The fourth-order valence-corrected chi connectivity index (χ4v) is 2.69. The van der Waals surface area contributed by atoms with Gasteiger partial charge in [-0.05, 0) is 38.6 Å². The van der Waals surface area contributed by atoms with Gasteiger partial charge in [0.25, 0.3) is 0 Å². The number of likely N-dealkylation sites (N-methyl/N-ethyl adjacent to an activating group) is 1. The van der Waals surface area contributed by atoms with Gasteiger partial charge in [-0.1, -0.05) is 25.1 Å². The van der Waals surface area contributed by atoms with E-state index in [-0.39, 0.29) is 6.04 Å². The SMILES string of the molecule is CC[C@H](N)c1ccccc1N1CCC(N(C)C)C1. The van der Waals surface area contributed by atoms with E-state index in [4.69, 9.17) is 5.73 Å². The number of para-hydroxylation sites is 1. The van der Waals surface area contributed by atoms with E-state index in [9.17, 15) is 0 Å². The lowest BCUT2D eigenvalue weighted by molar-refractivity contribution is 0.315. The van der Waals surface area contributed by atoms with Crippen molar-refractivity contribution in [3.63, 3.8) is 0 Å². The van der Waals surface area contributed by atoms with Crippen LogP contribution in [-0.2, 0) is 0 Å². The number of nitrogens with two attached hydrogens (primary N) is 1. The molecule has 1 fully saturated rings. The zero-order chi connectivity index (χ0) is 13.1. The first-order valence-corrected chi connectivity index (χ1v) is 6.89. The second-order valence-corrected chi connectivity index (χ2v) is 5.43. The monoisotopic (exact) mass is 247 g/mol. The predicted octanol–water partition coefficient (Wildman–Crippen LogP) is 2.24. The molecular weight excluding hydrogens is 222 g/mol. The number of rotatable bonds is 4. The maximum absolute atomic E-state index is 6.22. The Bertz CT molecular complexity index is 389. The van der Waals surface area contributed by atoms with Gasteiger partial charge in [0, 0.05) is 30.9 Å². The van der Waals surface area contributed by atoms with Gasteiger partial charge >= 0.3 is 0 Å². The summed E-state index contributed by atoms with van der Waals surface area (Å²) in [4.78, 5) is 4.80. The van der Waals surface area contributed by atoms with Gasteiger partial charge in [0.15, 0.2) is 0 Å². The summed E-state index contributed by atoms with van der Waals surface area (Å²) < 4.78 is 0. The van der Waals surface area contributed by atoms with Crippen molar-refractivity contribution in [1.29, 1.82) is 0 Å². The van der Waals surface area contributed by atoms with Crippen molar-refractivity contribution in [1.82, 2.24) is 4.90 Å². The third kappa shape index (κ3) is 2.68. The Balaban J connectivity index is 2.19. The lowest BCUT2D eigenvalue weighted by Gasteiger charge is -2.25. The average molecular weight is 247 g/mol. The van der Waals surface area contributed by atoms with Crippen molar-refractivity contribution >= 4 is 5.69 Å². The Hall–Kier alpha value is -1.06. The van der Waals surface area contributed by atoms with E-state index < -0.39 is 0 Å². The Morgan fingerprint density at radius 2 is 2.11 bits per heavy atom. The minimum Gasteiger partial charge on any atom is -0.370 e. The molecule has 1 saturated heterocycles. The van der Waals surface area contributed by atoms with Crippen LogP contribution in [-0.4, -0.2) is 38.1 Å². The first-order valence-electron chi connectivity index (χ1n) is 6.89. The number of nitrogens with zero attached hydrogens (tertiary/aromatic N) is 2. The summed E-state index contributed by atoms with van der Waals surface area (Å²) in [5, 5.41) is 0. The highest BCUT2D eigenvalue weighted by atomic mass is 15.2. The zero-order valence-corrected chi connectivity index (χ0v) is 11.8. The molecule has 100 valence electrons. The van der Waals surface area contributed by atoms with Crippen molar-refractivity contribution < 1.29 is 0 Å². The Kier molecular flexibility index (Phi) is 4.25. The quantitative estimate of drug-likeness (QED) is 0.885. The maximum Gasteiger partial charge on any atom is 0.0415 e. The topological polar surface area (TPSA) is 32.5 Å². The fourth-order valence-electron chi connectivity index (χ4n) is 2.69. The number of hydrogen-bond acceptors (Lipinski definition) is 3. The van der Waals surface area contributed by atoms with Crippen molar-refractivity contribution in [2.45, 2.75) is 31.8 Å². The lowest BCUT2D eigenvalue weighted by Crippen LogP contribution is -2.32. The van der Waals surface area contributed by atoms with Crippen molar-refractivity contribution in [3.05, 3.63) is 29.8 Å². The molecule has 0 saturated carbocycles. The highest BCUT2D eigenvalue weighted by Crippen LogP contribution is 2.30. The second-order valence-electron chi connectivity index (χ2n) is 5.43. The fraction of sp³-hybridized carbons (Fsp3) is 0.600. The van der Waals surface area contributed by atoms with Gasteiger partial charge in [-0.2, -0.15) is 0 Å². The molecule has 2 rings (SSSR count). The number of anilines is 1. The highest BCUT2D eigenvalue weighted by molar-refractivity contribution is 5.55. The normalized spacial score (nSPS) is 21.6. The first-order chi connectivity index (χ1) is 8.63. The van der Waals surface area contributed by atoms with Gasteiger partial charge in [0.1, 0.15) is 0 Å². The van der Waals surface area contributed by atoms with Gasteiger partial charge in [-0.3, -0.25) is 0 Å². The summed E-state index contributed by atoms with van der Waals surface area (Å²) in [7, 11) is 4.33. The molecule has 3 heteroatoms. The Labute approximate surface area is 111 Å². The molecule has 1 unspecified atom stereocenters. The lowest BCUT2D eigenvalue weighted by atomic mass is 10.0. The summed E-state index contributed by atoms with van der Waals surface area (Å²) >= 11 is 0. The summed E-state index contributed by atoms with van der Waals surface area (Å²) in [6.45, 7) is 4.39. The van der Waals surface area contributed by atoms with Crippen LogP contribution < -0.4 is 10.6 Å². The van der Waals surface area contributed by atoms with Crippen LogP contribution in [0.25, 0.3) is 0 Å². The molecule has 2 N–H and O–H groups in total. The smallest absolute Gasteiger partial charge is 0.0415 e. The molecule has 0 amide bonds. The summed E-state index contributed by atoms with van der Waals surface area (Å²) in [6, 6.07) is 9.41. The van der Waals surface area contributed by atoms with Crippen LogP contribution in [0.5, 0.6) is 0 Å². The van der Waals surface area contributed by atoms with E-state index >= 15 is 0 Å². The molecule has 18 heavy (non-hydrogen) atoms. The molecule has 0 radical (unpaired) electrons. The molecule has 1 heterocycles. The van der Waals surface area contributed by atoms with E-state index in [0.717, 1.165) is 19.5 Å². The van der Waals surface area contributed by atoms with Crippen LogP contribution in [0.15, 0.2) is 24.3 Å². The van der Waals surface area contributed by atoms with Crippen molar-refractivity contribution in [3.8, 4) is 0 Å². The minimum absolute atomic E-state index is 0.152. The molecule has 1 aliphatic heterocycles. The van der Waals surface area contributed by atoms with E-state index in [1.54, 1.807) is 0 Å². The van der Waals surface area contributed by atoms with Crippen LogP contribution in [0.3, 0.4) is 0 Å². The number of hydrogen-bond donors (Lipinski definition) is 1. The Morgan fingerprint density at radius 1 is 1.39 bits per heavy atom. The summed E-state index contributed by atoms with van der Waals surface area (Å²) in [5.41, 5.74) is 8.84. The molecule has 1 aromatic carbocycles. The van der Waals surface area contributed by atoms with Crippen LogP contribution in [0.1, 0.15) is 31.4 Å². The highest BCUT2D eigenvalue weighted by Gasteiger charge is 2.26. The van der Waals surface area contributed by atoms with Gasteiger partial charge in [-0.15, -0.1) is 0 Å². The molecular formula is C15H25N3. The van der Waals surface area contributed by atoms with E-state index in [1.807, 2.05) is 0 Å². The minimum atomic E-state index is 0.152. The molecule has 3 nitrogen and oxygen atoms in total. The molecule has 0 aromatic heterocycles. The van der Waals surface area contributed by atoms with Gasteiger partial charge in [0.2, 0.25) is 0 Å². The molecule has 1 aliphatic rings. The van der Waals surface area contributed by atoms with Crippen LogP contribution >= 0.6 is 0 Å². The molecule has 0 spiro atoms. The van der Waals surface area contributed by atoms with E-state index in [2.05, 4.69) is 55.1 Å². The molecule has 1 aromatic rings. The van der Waals surface area contributed by atoms with Crippen LogP contribution in [0.4, 0.5) is 5.69 Å². The molecule has 0 aliphatic carbocycles. The first kappa shape index (κ1) is 13.4. The van der Waals surface area contributed by atoms with Crippen LogP contribution in [0, 0.1) is 0 Å². The standard InChI is InChI=1S/C15H25N3/c1-4-14(16)13-7-5-6-8-15(13)18-10-9-12(11-18)17(2)3/h5-8,12,14H,4,9-11,16H2,1-3H3/t12?,14-/m0/s1. The van der Waals surface area contributed by atoms with E-state index in [0.29, 0.717) is 6.04 Å². The third-order valence-corrected chi connectivity index (χ3v) is 4.01. The predicted molar refractivity (Wildman–Crippen MR) is 78.0 cm³/mol. The van der Waals surface area contributed by atoms with Crippen molar-refractivity contribution in [2.75, 3.05) is 32.1 Å². The van der Waals surface area contributed by atoms with Gasteiger partial charge in [-0.25, -0.2) is 0 Å². The van der Waals surface area contributed by atoms with Crippen LogP contribution in [0.2, 0.25) is 0 Å². The summed E-state index contributed by atoms with van der Waals surface area (Å²) in [5.74, 6) is 0. The molecule has 2 atom stereocenters. The largest absolute Gasteiger partial charge is 0.370 e. The summed E-state index contributed by atoms with van der Waals surface area (Å²) in [6.07, 6.45) is 2.23. The second kappa shape index (κ2) is 5.72. The zero-order valence-electron chi connectivity index (χ0n) is 11.8. The Morgan fingerprint density at radius 3 is 2.72 bits per heavy atom. The van der Waals surface area contributed by atoms with Crippen molar-refractivity contribution in [2.24, 2.45) is 5.73 Å². The van der Waals surface area contributed by atoms with Gasteiger partial charge < -0.3 is 15.5 Å². The third-order valence-electron chi connectivity index (χ3n) is 4.01. The molecule has 0 bridgehead atoms. The maximum atomic E-state index is 6.22. The average Bonchev–Trinajstić information content (AvgIpc) is 2.87.